The summed E-state index contributed by atoms with van der Waals surface area (Å²) >= 11 is 0. The molecule has 4 nitrogen and oxygen atoms in total. The van der Waals surface area contributed by atoms with Gasteiger partial charge < -0.3 is 9.84 Å². The number of carbonyl (C=O) groups is 2. The second-order valence-electron chi connectivity index (χ2n) is 6.94. The number of allylic oxidation sites excluding steroid dienone is 3. The fourth-order valence-electron chi connectivity index (χ4n) is 3.52. The minimum Gasteiger partial charge on any atom is -0.458 e. The molecule has 0 aromatic carbocycles. The Hall–Kier alpha value is -1.42. The van der Waals surface area contributed by atoms with Crippen molar-refractivity contribution in [1.29, 1.82) is 0 Å². The summed E-state index contributed by atoms with van der Waals surface area (Å²) in [6, 6.07) is 0. The molecule has 4 atom stereocenters. The maximum absolute atomic E-state index is 12.2. The van der Waals surface area contributed by atoms with E-state index in [9.17, 15) is 14.7 Å². The lowest BCUT2D eigenvalue weighted by Crippen LogP contribution is -2.20. The van der Waals surface area contributed by atoms with Gasteiger partial charge in [-0.1, -0.05) is 38.0 Å². The van der Waals surface area contributed by atoms with Gasteiger partial charge in [0.25, 0.3) is 0 Å². The van der Waals surface area contributed by atoms with Gasteiger partial charge in [0.05, 0.1) is 6.10 Å². The Morgan fingerprint density at radius 1 is 1.21 bits per heavy atom. The van der Waals surface area contributed by atoms with Gasteiger partial charge in [0.1, 0.15) is 11.9 Å². The topological polar surface area (TPSA) is 63.6 Å². The molecule has 4 heteroatoms. The van der Waals surface area contributed by atoms with E-state index < -0.39 is 6.10 Å². The van der Waals surface area contributed by atoms with Gasteiger partial charge in [-0.2, -0.15) is 0 Å². The van der Waals surface area contributed by atoms with Crippen molar-refractivity contribution in [3.05, 3.63) is 24.3 Å². The van der Waals surface area contributed by atoms with Gasteiger partial charge in [0.15, 0.2) is 0 Å². The summed E-state index contributed by atoms with van der Waals surface area (Å²) in [4.78, 5) is 24.2. The van der Waals surface area contributed by atoms with Crippen LogP contribution in [-0.4, -0.2) is 29.1 Å². The van der Waals surface area contributed by atoms with Crippen molar-refractivity contribution < 1.29 is 19.4 Å². The Morgan fingerprint density at radius 3 is 2.83 bits per heavy atom. The molecule has 1 aliphatic carbocycles. The molecule has 24 heavy (non-hydrogen) atoms. The number of aliphatic hydroxyl groups excluding tert-OH is 1. The lowest BCUT2D eigenvalue weighted by molar-refractivity contribution is -0.147. The lowest BCUT2D eigenvalue weighted by atomic mass is 9.90. The first-order valence-electron chi connectivity index (χ1n) is 9.35. The molecule has 0 aromatic rings. The van der Waals surface area contributed by atoms with Crippen LogP contribution in [0.4, 0.5) is 0 Å². The molecule has 0 saturated heterocycles. The monoisotopic (exact) mass is 334 g/mol. The first-order chi connectivity index (χ1) is 11.6. The van der Waals surface area contributed by atoms with Crippen molar-refractivity contribution >= 4 is 11.8 Å². The highest BCUT2D eigenvalue weighted by Crippen LogP contribution is 2.33. The Balaban J connectivity index is 2.12. The Labute approximate surface area is 145 Å². The molecule has 1 saturated carbocycles. The van der Waals surface area contributed by atoms with Crippen LogP contribution in [0.1, 0.15) is 64.7 Å². The fourth-order valence-corrected chi connectivity index (χ4v) is 3.52. The second kappa shape index (κ2) is 9.77. The van der Waals surface area contributed by atoms with E-state index in [4.69, 9.17) is 4.74 Å². The second-order valence-corrected chi connectivity index (χ2v) is 6.94. The van der Waals surface area contributed by atoms with Gasteiger partial charge in [0.2, 0.25) is 0 Å². The highest BCUT2D eigenvalue weighted by atomic mass is 16.5. The number of hydrogen-bond acceptors (Lipinski definition) is 4. The number of carbonyl (C=O) groups excluding carboxylic acids is 2. The van der Waals surface area contributed by atoms with E-state index in [0.29, 0.717) is 12.8 Å². The molecule has 2 aliphatic rings. The van der Waals surface area contributed by atoms with Crippen LogP contribution in [0.25, 0.3) is 0 Å². The van der Waals surface area contributed by atoms with Gasteiger partial charge in [-0.25, -0.2) is 0 Å². The van der Waals surface area contributed by atoms with E-state index in [1.165, 1.54) is 0 Å². The summed E-state index contributed by atoms with van der Waals surface area (Å²) in [6.07, 6.45) is 14.0. The molecule has 0 amide bonds. The highest BCUT2D eigenvalue weighted by molar-refractivity contribution is 5.86. The Kier molecular flexibility index (Phi) is 7.70. The van der Waals surface area contributed by atoms with Gasteiger partial charge in [-0.15, -0.1) is 0 Å². The first kappa shape index (κ1) is 18.9. The average Bonchev–Trinajstić information content (AvgIpc) is 2.81. The molecule has 0 aromatic heterocycles. The van der Waals surface area contributed by atoms with E-state index in [-0.39, 0.29) is 36.1 Å². The SMILES string of the molecule is CCCCC[C@@H]1/C=C\C2C(=O)CC(O)[C@@H]2C/C=C\CCCC(=O)O1. The third-order valence-electron chi connectivity index (χ3n) is 4.97. The summed E-state index contributed by atoms with van der Waals surface area (Å²) in [5.74, 6) is -0.399. The minimum atomic E-state index is -0.567. The minimum absolute atomic E-state index is 0.0576. The fraction of sp³-hybridized carbons (Fsp3) is 0.700. The molecular weight excluding hydrogens is 304 g/mol. The number of rotatable bonds is 4. The maximum atomic E-state index is 12.2. The number of unbranched alkanes of at least 4 members (excludes halogenated alkanes) is 2. The molecule has 0 spiro atoms. The quantitative estimate of drug-likeness (QED) is 0.483. The number of esters is 1. The van der Waals surface area contributed by atoms with Crippen LogP contribution in [0.3, 0.4) is 0 Å². The van der Waals surface area contributed by atoms with Crippen molar-refractivity contribution in [1.82, 2.24) is 0 Å². The van der Waals surface area contributed by atoms with Gasteiger partial charge in [-0.05, 0) is 38.2 Å². The summed E-state index contributed by atoms with van der Waals surface area (Å²) in [5.41, 5.74) is 0. The van der Waals surface area contributed by atoms with Crippen LogP contribution in [0.2, 0.25) is 0 Å². The zero-order chi connectivity index (χ0) is 17.4. The molecule has 1 aliphatic heterocycles. The van der Waals surface area contributed by atoms with Crippen LogP contribution in [0.15, 0.2) is 24.3 Å². The highest BCUT2D eigenvalue weighted by Gasteiger charge is 2.39. The van der Waals surface area contributed by atoms with Crippen molar-refractivity contribution in [2.45, 2.75) is 76.9 Å². The molecule has 0 radical (unpaired) electrons. The molecule has 1 fully saturated rings. The summed E-state index contributed by atoms with van der Waals surface area (Å²) in [6.45, 7) is 2.14. The van der Waals surface area contributed by atoms with E-state index in [1.807, 2.05) is 24.3 Å². The standard InChI is InChI=1S/C20H30O4/c1-2-3-6-9-15-12-13-17-16(18(21)14-19(17)22)10-7-4-5-8-11-20(23)24-15/h4,7,12-13,15-18,21H,2-3,5-6,8-11,14H2,1H3/b7-4-,13-12-/t15-,16-,17?,18?/m1/s1. The summed E-state index contributed by atoms with van der Waals surface area (Å²) in [7, 11) is 0. The van der Waals surface area contributed by atoms with Crippen molar-refractivity contribution in [2.75, 3.05) is 0 Å². The van der Waals surface area contributed by atoms with Crippen LogP contribution in [0, 0.1) is 11.8 Å². The van der Waals surface area contributed by atoms with Crippen LogP contribution in [-0.2, 0) is 14.3 Å². The summed E-state index contributed by atoms with van der Waals surface area (Å²) < 4.78 is 5.60. The van der Waals surface area contributed by atoms with Crippen LogP contribution >= 0.6 is 0 Å². The largest absolute Gasteiger partial charge is 0.458 e. The molecule has 0 bridgehead atoms. The number of cyclic esters (lactones) is 1. The first-order valence-corrected chi connectivity index (χ1v) is 9.35. The lowest BCUT2D eigenvalue weighted by Gasteiger charge is -2.18. The summed E-state index contributed by atoms with van der Waals surface area (Å²) in [5, 5.41) is 10.2. The predicted molar refractivity (Wildman–Crippen MR) is 93.4 cm³/mol. The van der Waals surface area contributed by atoms with E-state index in [1.54, 1.807) is 0 Å². The van der Waals surface area contributed by atoms with Gasteiger partial charge in [-0.3, -0.25) is 9.59 Å². The third kappa shape index (κ3) is 5.59. The van der Waals surface area contributed by atoms with Crippen molar-refractivity contribution in [2.24, 2.45) is 11.8 Å². The average molecular weight is 334 g/mol. The zero-order valence-corrected chi connectivity index (χ0v) is 14.7. The Morgan fingerprint density at radius 2 is 2.04 bits per heavy atom. The number of fused-ring (bicyclic) bond motifs is 1. The maximum Gasteiger partial charge on any atom is 0.306 e. The molecule has 2 rings (SSSR count). The molecule has 134 valence electrons. The molecule has 1 heterocycles. The van der Waals surface area contributed by atoms with E-state index in [2.05, 4.69) is 6.92 Å². The number of hydrogen-bond donors (Lipinski definition) is 1. The van der Waals surface area contributed by atoms with Crippen molar-refractivity contribution in [3.8, 4) is 0 Å². The number of ether oxygens (including phenoxy) is 1. The Bertz CT molecular complexity index is 480. The van der Waals surface area contributed by atoms with E-state index >= 15 is 0 Å². The third-order valence-corrected chi connectivity index (χ3v) is 4.97. The number of aliphatic hydroxyl groups is 1. The molecular formula is C20H30O4. The van der Waals surface area contributed by atoms with Gasteiger partial charge >= 0.3 is 5.97 Å². The molecule has 2 unspecified atom stereocenters. The normalized spacial score (nSPS) is 34.4. The van der Waals surface area contributed by atoms with Crippen molar-refractivity contribution in [3.63, 3.8) is 0 Å². The predicted octanol–water partition coefficient (Wildman–Crippen LogP) is 3.73. The van der Waals surface area contributed by atoms with Crippen LogP contribution in [0.5, 0.6) is 0 Å². The van der Waals surface area contributed by atoms with Gasteiger partial charge in [0, 0.05) is 24.7 Å². The number of Topliss-reactive ketones (excluding diaryl/α,β-unsaturated/α-hetero) is 1. The smallest absolute Gasteiger partial charge is 0.306 e. The van der Waals surface area contributed by atoms with E-state index in [0.717, 1.165) is 38.5 Å². The number of ketones is 1. The zero-order valence-electron chi connectivity index (χ0n) is 14.7. The molecule has 1 N–H and O–H groups in total. The van der Waals surface area contributed by atoms with Crippen LogP contribution < -0.4 is 0 Å².